The van der Waals surface area contributed by atoms with Crippen LogP contribution in [-0.2, 0) is 6.54 Å². The summed E-state index contributed by atoms with van der Waals surface area (Å²) >= 11 is 1.78. The third-order valence-electron chi connectivity index (χ3n) is 1.69. The van der Waals surface area contributed by atoms with E-state index in [4.69, 9.17) is 5.73 Å². The topological polar surface area (TPSA) is 60.9 Å². The SMILES string of the molecule is CSCCCn1nccc1C(N)=O. The average Bonchev–Trinajstić information content (AvgIpc) is 2.53. The third kappa shape index (κ3) is 2.77. The fourth-order valence-electron chi connectivity index (χ4n) is 1.08. The fraction of sp³-hybridized carbons (Fsp3) is 0.500. The minimum atomic E-state index is -0.415. The molecule has 0 radical (unpaired) electrons. The van der Waals surface area contributed by atoms with E-state index in [0.29, 0.717) is 5.69 Å². The van der Waals surface area contributed by atoms with Crippen molar-refractivity contribution in [1.82, 2.24) is 9.78 Å². The van der Waals surface area contributed by atoms with E-state index >= 15 is 0 Å². The van der Waals surface area contributed by atoms with Crippen molar-refractivity contribution in [2.75, 3.05) is 12.0 Å². The molecule has 4 nitrogen and oxygen atoms in total. The molecule has 5 heteroatoms. The van der Waals surface area contributed by atoms with E-state index in [1.54, 1.807) is 28.7 Å². The van der Waals surface area contributed by atoms with Gasteiger partial charge >= 0.3 is 0 Å². The summed E-state index contributed by atoms with van der Waals surface area (Å²) in [5.74, 6) is 0.652. The monoisotopic (exact) mass is 199 g/mol. The lowest BCUT2D eigenvalue weighted by Crippen LogP contribution is -2.17. The van der Waals surface area contributed by atoms with Crippen LogP contribution in [-0.4, -0.2) is 27.7 Å². The van der Waals surface area contributed by atoms with Gasteiger partial charge in [-0.15, -0.1) is 0 Å². The number of thioether (sulfide) groups is 1. The van der Waals surface area contributed by atoms with Crippen molar-refractivity contribution in [2.24, 2.45) is 5.73 Å². The Labute approximate surface area is 81.5 Å². The quantitative estimate of drug-likeness (QED) is 0.711. The Morgan fingerprint density at radius 2 is 2.54 bits per heavy atom. The van der Waals surface area contributed by atoms with Gasteiger partial charge in [-0.1, -0.05) is 0 Å². The summed E-state index contributed by atoms with van der Waals surface area (Å²) in [7, 11) is 0. The zero-order chi connectivity index (χ0) is 9.68. The summed E-state index contributed by atoms with van der Waals surface area (Å²) in [4.78, 5) is 10.9. The summed E-state index contributed by atoms with van der Waals surface area (Å²) in [6.45, 7) is 0.756. The highest BCUT2D eigenvalue weighted by Gasteiger charge is 2.06. The minimum Gasteiger partial charge on any atom is -0.364 e. The lowest BCUT2D eigenvalue weighted by atomic mass is 10.4. The Balaban J connectivity index is 2.55. The Kier molecular flexibility index (Phi) is 3.82. The number of carbonyl (C=O) groups excluding carboxylic acids is 1. The third-order valence-corrected chi connectivity index (χ3v) is 2.38. The van der Waals surface area contributed by atoms with Crippen LogP contribution in [0.15, 0.2) is 12.3 Å². The van der Waals surface area contributed by atoms with Gasteiger partial charge in [0.2, 0.25) is 0 Å². The number of hydrogen-bond donors (Lipinski definition) is 1. The Bertz CT molecular complexity index is 285. The van der Waals surface area contributed by atoms with Crippen molar-refractivity contribution < 1.29 is 4.79 Å². The van der Waals surface area contributed by atoms with Gasteiger partial charge in [-0.2, -0.15) is 16.9 Å². The maximum Gasteiger partial charge on any atom is 0.266 e. The zero-order valence-electron chi connectivity index (χ0n) is 7.56. The summed E-state index contributed by atoms with van der Waals surface area (Å²) in [5, 5.41) is 4.02. The lowest BCUT2D eigenvalue weighted by molar-refractivity contribution is 0.0990. The molecule has 0 bridgehead atoms. The highest BCUT2D eigenvalue weighted by atomic mass is 32.2. The van der Waals surface area contributed by atoms with E-state index in [1.807, 2.05) is 0 Å². The van der Waals surface area contributed by atoms with Gasteiger partial charge < -0.3 is 5.73 Å². The second kappa shape index (κ2) is 4.91. The number of rotatable bonds is 5. The maximum atomic E-state index is 10.9. The van der Waals surface area contributed by atoms with Crippen molar-refractivity contribution in [2.45, 2.75) is 13.0 Å². The molecule has 0 fully saturated rings. The lowest BCUT2D eigenvalue weighted by Gasteiger charge is -2.03. The van der Waals surface area contributed by atoms with E-state index < -0.39 is 5.91 Å². The smallest absolute Gasteiger partial charge is 0.266 e. The number of nitrogens with two attached hydrogens (primary N) is 1. The van der Waals surface area contributed by atoms with Gasteiger partial charge in [0, 0.05) is 12.7 Å². The van der Waals surface area contributed by atoms with E-state index in [9.17, 15) is 4.79 Å². The maximum absolute atomic E-state index is 10.9. The number of aryl methyl sites for hydroxylation is 1. The van der Waals surface area contributed by atoms with Crippen molar-refractivity contribution in [3.63, 3.8) is 0 Å². The van der Waals surface area contributed by atoms with Crippen molar-refractivity contribution in [3.05, 3.63) is 18.0 Å². The van der Waals surface area contributed by atoms with Gasteiger partial charge in [0.25, 0.3) is 5.91 Å². The van der Waals surface area contributed by atoms with Crippen LogP contribution in [0.1, 0.15) is 16.9 Å². The van der Waals surface area contributed by atoms with E-state index in [2.05, 4.69) is 11.4 Å². The molecule has 2 N–H and O–H groups in total. The number of amides is 1. The van der Waals surface area contributed by atoms with Gasteiger partial charge in [0.15, 0.2) is 0 Å². The molecule has 0 aliphatic carbocycles. The largest absolute Gasteiger partial charge is 0.364 e. The molecular formula is C8H13N3OS. The van der Waals surface area contributed by atoms with Gasteiger partial charge in [-0.25, -0.2) is 0 Å². The average molecular weight is 199 g/mol. The second-order valence-electron chi connectivity index (χ2n) is 2.65. The first-order valence-corrected chi connectivity index (χ1v) is 5.45. The molecule has 0 spiro atoms. The van der Waals surface area contributed by atoms with Crippen molar-refractivity contribution in [3.8, 4) is 0 Å². The Hall–Kier alpha value is -0.970. The summed E-state index contributed by atoms with van der Waals surface area (Å²) in [6.07, 6.45) is 4.65. The van der Waals surface area contributed by atoms with Crippen LogP contribution in [0.5, 0.6) is 0 Å². The molecule has 1 aromatic heterocycles. The molecule has 0 aliphatic rings. The fourth-order valence-corrected chi connectivity index (χ4v) is 1.50. The molecule has 0 saturated heterocycles. The molecule has 1 amide bonds. The highest BCUT2D eigenvalue weighted by Crippen LogP contribution is 2.02. The van der Waals surface area contributed by atoms with Crippen LogP contribution in [0.25, 0.3) is 0 Å². The predicted octanol–water partition coefficient (Wildman–Crippen LogP) is 0.735. The number of nitrogens with zero attached hydrogens (tertiary/aromatic N) is 2. The molecule has 72 valence electrons. The Morgan fingerprint density at radius 3 is 3.15 bits per heavy atom. The normalized spacial score (nSPS) is 10.2. The van der Waals surface area contributed by atoms with Gasteiger partial charge in [-0.05, 0) is 24.5 Å². The van der Waals surface area contributed by atoms with Crippen LogP contribution in [0.4, 0.5) is 0 Å². The van der Waals surface area contributed by atoms with Crippen molar-refractivity contribution in [1.29, 1.82) is 0 Å². The molecule has 1 heterocycles. The number of carbonyl (C=O) groups is 1. The zero-order valence-corrected chi connectivity index (χ0v) is 8.38. The summed E-state index contributed by atoms with van der Waals surface area (Å²) < 4.78 is 1.65. The molecule has 1 aromatic rings. The van der Waals surface area contributed by atoms with Gasteiger partial charge in [0.1, 0.15) is 5.69 Å². The second-order valence-corrected chi connectivity index (χ2v) is 3.64. The van der Waals surface area contributed by atoms with E-state index in [0.717, 1.165) is 18.7 Å². The Morgan fingerprint density at radius 1 is 1.77 bits per heavy atom. The standard InChI is InChI=1S/C8H13N3OS/c1-13-6-2-5-11-7(8(9)12)3-4-10-11/h3-4H,2,5-6H2,1H3,(H2,9,12). The predicted molar refractivity (Wildman–Crippen MR) is 53.7 cm³/mol. The number of hydrogen-bond acceptors (Lipinski definition) is 3. The molecule has 0 unspecified atom stereocenters. The van der Waals surface area contributed by atoms with Crippen LogP contribution >= 0.6 is 11.8 Å². The highest BCUT2D eigenvalue weighted by molar-refractivity contribution is 7.98. The van der Waals surface area contributed by atoms with Gasteiger partial charge in [-0.3, -0.25) is 9.48 Å². The van der Waals surface area contributed by atoms with Crippen molar-refractivity contribution >= 4 is 17.7 Å². The molecule has 0 aliphatic heterocycles. The van der Waals surface area contributed by atoms with Crippen LogP contribution in [0.3, 0.4) is 0 Å². The molecular weight excluding hydrogens is 186 g/mol. The minimum absolute atomic E-state index is 0.415. The van der Waals surface area contributed by atoms with Crippen LogP contribution in [0, 0.1) is 0 Å². The first-order valence-electron chi connectivity index (χ1n) is 4.06. The molecule has 0 saturated carbocycles. The van der Waals surface area contributed by atoms with E-state index in [1.165, 1.54) is 0 Å². The van der Waals surface area contributed by atoms with E-state index in [-0.39, 0.29) is 0 Å². The first kappa shape index (κ1) is 10.1. The molecule has 0 aromatic carbocycles. The summed E-state index contributed by atoms with van der Waals surface area (Å²) in [6, 6.07) is 1.64. The number of aromatic nitrogens is 2. The summed E-state index contributed by atoms with van der Waals surface area (Å²) in [5.41, 5.74) is 5.65. The molecule has 13 heavy (non-hydrogen) atoms. The molecule has 1 rings (SSSR count). The first-order chi connectivity index (χ1) is 6.25. The molecule has 0 atom stereocenters. The number of primary amides is 1. The van der Waals surface area contributed by atoms with Crippen LogP contribution in [0.2, 0.25) is 0 Å². The van der Waals surface area contributed by atoms with Gasteiger partial charge in [0.05, 0.1) is 0 Å². The van der Waals surface area contributed by atoms with Crippen LogP contribution < -0.4 is 5.73 Å².